The summed E-state index contributed by atoms with van der Waals surface area (Å²) in [5.41, 5.74) is 2.99. The van der Waals surface area contributed by atoms with Gasteiger partial charge in [0.05, 0.1) is 0 Å². The van der Waals surface area contributed by atoms with Crippen LogP contribution in [0.2, 0.25) is 5.02 Å². The molecule has 1 aliphatic rings. The van der Waals surface area contributed by atoms with Crippen molar-refractivity contribution in [3.05, 3.63) is 46.2 Å². The summed E-state index contributed by atoms with van der Waals surface area (Å²) in [6.07, 6.45) is 5.69. The molecule has 2 N–H and O–H groups in total. The van der Waals surface area contributed by atoms with Crippen LogP contribution in [-0.4, -0.2) is 21.9 Å². The summed E-state index contributed by atoms with van der Waals surface area (Å²) in [7, 11) is 0. The third-order valence-corrected chi connectivity index (χ3v) is 4.71. The summed E-state index contributed by atoms with van der Waals surface area (Å²) in [6.45, 7) is 3.83. The van der Waals surface area contributed by atoms with Crippen molar-refractivity contribution in [3.63, 3.8) is 0 Å². The van der Waals surface area contributed by atoms with Crippen LogP contribution in [0.25, 0.3) is 0 Å². The number of benzene rings is 1. The molecule has 6 heteroatoms. The van der Waals surface area contributed by atoms with Crippen molar-refractivity contribution < 1.29 is 4.79 Å². The van der Waals surface area contributed by atoms with Gasteiger partial charge in [-0.1, -0.05) is 36.9 Å². The molecule has 1 saturated carbocycles. The fourth-order valence-corrected chi connectivity index (χ4v) is 3.27. The first kappa shape index (κ1) is 17.7. The lowest BCUT2D eigenvalue weighted by Crippen LogP contribution is -2.36. The van der Waals surface area contributed by atoms with E-state index in [9.17, 15) is 4.79 Å². The minimum absolute atomic E-state index is 0.136. The zero-order chi connectivity index (χ0) is 17.8. The number of carbonyl (C=O) groups is 1. The fourth-order valence-electron chi connectivity index (χ4n) is 3.10. The smallest absolute Gasteiger partial charge is 0.270 e. The predicted octanol–water partition coefficient (Wildman–Crippen LogP) is 4.55. The van der Waals surface area contributed by atoms with Gasteiger partial charge in [0.1, 0.15) is 5.69 Å². The topological polar surface area (TPSA) is 66.9 Å². The standard InChI is InChI=1S/C19H23ClN4O/c1-12-8-9-14(20)11-16(12)23-19-21-13(2)10-17(24-19)18(25)22-15-6-4-3-5-7-15/h8-11,15H,3-7H2,1-2H3,(H,22,25)(H,21,23,24). The van der Waals surface area contributed by atoms with Crippen LogP contribution in [0.15, 0.2) is 24.3 Å². The summed E-state index contributed by atoms with van der Waals surface area (Å²) in [4.78, 5) is 21.3. The molecular weight excluding hydrogens is 336 g/mol. The number of amides is 1. The predicted molar refractivity (Wildman–Crippen MR) is 101 cm³/mol. The van der Waals surface area contributed by atoms with Crippen molar-refractivity contribution in [2.24, 2.45) is 0 Å². The molecule has 2 aromatic rings. The van der Waals surface area contributed by atoms with Gasteiger partial charge in [-0.2, -0.15) is 0 Å². The van der Waals surface area contributed by atoms with Crippen molar-refractivity contribution in [1.29, 1.82) is 0 Å². The Morgan fingerprint density at radius 2 is 1.88 bits per heavy atom. The second-order valence-electron chi connectivity index (χ2n) is 6.61. The molecular formula is C19H23ClN4O. The van der Waals surface area contributed by atoms with Gasteiger partial charge in [0.15, 0.2) is 0 Å². The Bertz CT molecular complexity index is 772. The van der Waals surface area contributed by atoms with E-state index in [4.69, 9.17) is 11.6 Å². The number of anilines is 2. The van der Waals surface area contributed by atoms with Crippen molar-refractivity contribution >= 4 is 29.1 Å². The van der Waals surface area contributed by atoms with Crippen LogP contribution < -0.4 is 10.6 Å². The first-order valence-electron chi connectivity index (χ1n) is 8.71. The van der Waals surface area contributed by atoms with Crippen molar-refractivity contribution in [2.75, 3.05) is 5.32 Å². The number of hydrogen-bond donors (Lipinski definition) is 2. The van der Waals surface area contributed by atoms with Crippen LogP contribution in [0.1, 0.15) is 53.8 Å². The fraction of sp³-hybridized carbons (Fsp3) is 0.421. The highest BCUT2D eigenvalue weighted by molar-refractivity contribution is 6.30. The number of aryl methyl sites for hydroxylation is 2. The van der Waals surface area contributed by atoms with Gasteiger partial charge in [-0.05, 0) is 50.5 Å². The largest absolute Gasteiger partial charge is 0.348 e. The quantitative estimate of drug-likeness (QED) is 0.841. The van der Waals surface area contributed by atoms with Crippen molar-refractivity contribution in [1.82, 2.24) is 15.3 Å². The molecule has 5 nitrogen and oxygen atoms in total. The second kappa shape index (κ2) is 7.83. The third kappa shape index (κ3) is 4.69. The minimum Gasteiger partial charge on any atom is -0.348 e. The number of rotatable bonds is 4. The number of aromatic nitrogens is 2. The molecule has 0 aliphatic heterocycles. The first-order valence-corrected chi connectivity index (χ1v) is 9.09. The lowest BCUT2D eigenvalue weighted by molar-refractivity contribution is 0.0922. The molecule has 3 rings (SSSR count). The maximum Gasteiger partial charge on any atom is 0.270 e. The summed E-state index contributed by atoms with van der Waals surface area (Å²) < 4.78 is 0. The number of nitrogens with one attached hydrogen (secondary N) is 2. The maximum absolute atomic E-state index is 12.5. The lowest BCUT2D eigenvalue weighted by atomic mass is 9.95. The van der Waals surface area contributed by atoms with Crippen molar-refractivity contribution in [3.8, 4) is 0 Å². The van der Waals surface area contributed by atoms with E-state index in [0.29, 0.717) is 16.7 Å². The Morgan fingerprint density at radius 3 is 2.64 bits per heavy atom. The SMILES string of the molecule is Cc1cc(C(=O)NC2CCCCC2)nc(Nc2cc(Cl)ccc2C)n1. The van der Waals surface area contributed by atoms with Crippen LogP contribution in [0, 0.1) is 13.8 Å². The zero-order valence-corrected chi connectivity index (χ0v) is 15.4. The number of nitrogens with zero attached hydrogens (tertiary/aromatic N) is 2. The highest BCUT2D eigenvalue weighted by atomic mass is 35.5. The first-order chi connectivity index (χ1) is 12.0. The van der Waals surface area contributed by atoms with E-state index in [0.717, 1.165) is 29.8 Å². The van der Waals surface area contributed by atoms with E-state index < -0.39 is 0 Å². The molecule has 132 valence electrons. The third-order valence-electron chi connectivity index (χ3n) is 4.47. The van der Waals surface area contributed by atoms with E-state index in [1.165, 1.54) is 19.3 Å². The van der Waals surface area contributed by atoms with Crippen LogP contribution in [-0.2, 0) is 0 Å². The van der Waals surface area contributed by atoms with Gasteiger partial charge < -0.3 is 10.6 Å². The molecule has 1 amide bonds. The Morgan fingerprint density at radius 1 is 1.12 bits per heavy atom. The van der Waals surface area contributed by atoms with E-state index in [-0.39, 0.29) is 11.9 Å². The van der Waals surface area contributed by atoms with E-state index >= 15 is 0 Å². The number of hydrogen-bond acceptors (Lipinski definition) is 4. The molecule has 0 spiro atoms. The average Bonchev–Trinajstić information content (AvgIpc) is 2.58. The highest BCUT2D eigenvalue weighted by Gasteiger charge is 2.18. The number of carbonyl (C=O) groups excluding carboxylic acids is 1. The van der Waals surface area contributed by atoms with Gasteiger partial charge in [-0.15, -0.1) is 0 Å². The normalized spacial score (nSPS) is 15.0. The highest BCUT2D eigenvalue weighted by Crippen LogP contribution is 2.23. The van der Waals surface area contributed by atoms with Gasteiger partial charge in [0.25, 0.3) is 5.91 Å². The molecule has 0 unspecified atom stereocenters. The monoisotopic (exact) mass is 358 g/mol. The molecule has 0 radical (unpaired) electrons. The van der Waals surface area contributed by atoms with Gasteiger partial charge in [-0.3, -0.25) is 4.79 Å². The molecule has 0 saturated heterocycles. The van der Waals surface area contributed by atoms with Crippen LogP contribution >= 0.6 is 11.6 Å². The van der Waals surface area contributed by atoms with Crippen molar-refractivity contribution in [2.45, 2.75) is 52.0 Å². The minimum atomic E-state index is -0.136. The Hall–Kier alpha value is -2.14. The van der Waals surface area contributed by atoms with Crippen LogP contribution in [0.5, 0.6) is 0 Å². The average molecular weight is 359 g/mol. The summed E-state index contributed by atoms with van der Waals surface area (Å²) in [6, 6.07) is 7.56. The molecule has 0 bridgehead atoms. The maximum atomic E-state index is 12.5. The van der Waals surface area contributed by atoms with Gasteiger partial charge in [0, 0.05) is 22.4 Å². The van der Waals surface area contributed by atoms with Gasteiger partial charge in [-0.25, -0.2) is 9.97 Å². The summed E-state index contributed by atoms with van der Waals surface area (Å²) in [5.74, 6) is 0.266. The Labute approximate surface area is 153 Å². The lowest BCUT2D eigenvalue weighted by Gasteiger charge is -2.22. The molecule has 1 fully saturated rings. The summed E-state index contributed by atoms with van der Waals surface area (Å²) in [5, 5.41) is 6.90. The zero-order valence-electron chi connectivity index (χ0n) is 14.6. The van der Waals surface area contributed by atoms with E-state index in [1.54, 1.807) is 6.07 Å². The Kier molecular flexibility index (Phi) is 5.53. The van der Waals surface area contributed by atoms with Crippen LogP contribution in [0.3, 0.4) is 0 Å². The second-order valence-corrected chi connectivity index (χ2v) is 7.05. The molecule has 25 heavy (non-hydrogen) atoms. The molecule has 1 aromatic carbocycles. The summed E-state index contributed by atoms with van der Waals surface area (Å²) >= 11 is 6.06. The van der Waals surface area contributed by atoms with Gasteiger partial charge in [0.2, 0.25) is 5.95 Å². The molecule has 0 atom stereocenters. The van der Waals surface area contributed by atoms with E-state index in [2.05, 4.69) is 20.6 Å². The number of halogens is 1. The van der Waals surface area contributed by atoms with Crippen LogP contribution in [0.4, 0.5) is 11.6 Å². The van der Waals surface area contributed by atoms with Gasteiger partial charge >= 0.3 is 0 Å². The van der Waals surface area contributed by atoms with E-state index in [1.807, 2.05) is 32.0 Å². The molecule has 1 aromatic heterocycles. The molecule has 1 aliphatic carbocycles. The Balaban J connectivity index is 1.77. The molecule has 1 heterocycles.